The van der Waals surface area contributed by atoms with Crippen LogP contribution in [0.5, 0.6) is 11.5 Å². The van der Waals surface area contributed by atoms with Gasteiger partial charge in [-0.05, 0) is 18.2 Å². The number of methoxy groups -OCH3 is 1. The first kappa shape index (κ1) is 17.1. The molecule has 1 aromatic heterocycles. The van der Waals surface area contributed by atoms with Crippen LogP contribution in [-0.4, -0.2) is 21.0 Å². The standard InChI is InChI=1S/C15H9F3O6S/c1-22-11-4-2-3-10-9-6-5-8(24-25(20,21)15(16,17)18)7-12(9)23-14(19)13(10)11/h2-7H,1H3. The summed E-state index contributed by atoms with van der Waals surface area (Å²) in [5.74, 6) is -0.358. The fourth-order valence-electron chi connectivity index (χ4n) is 2.32. The summed E-state index contributed by atoms with van der Waals surface area (Å²) in [7, 11) is -4.45. The number of fused-ring (bicyclic) bond motifs is 3. The Morgan fingerprint density at radius 2 is 1.80 bits per heavy atom. The van der Waals surface area contributed by atoms with Crippen molar-refractivity contribution in [2.75, 3.05) is 7.11 Å². The summed E-state index contributed by atoms with van der Waals surface area (Å²) in [5.41, 5.74) is -6.48. The molecule has 0 aliphatic rings. The van der Waals surface area contributed by atoms with Crippen LogP contribution in [0.15, 0.2) is 45.6 Å². The fourth-order valence-corrected chi connectivity index (χ4v) is 2.77. The molecule has 0 aliphatic carbocycles. The lowest BCUT2D eigenvalue weighted by molar-refractivity contribution is -0.0500. The highest BCUT2D eigenvalue weighted by atomic mass is 32.2. The highest BCUT2D eigenvalue weighted by Gasteiger charge is 2.48. The quantitative estimate of drug-likeness (QED) is 0.303. The number of alkyl halides is 3. The summed E-state index contributed by atoms with van der Waals surface area (Å²) in [5, 5.41) is 0.982. The van der Waals surface area contributed by atoms with Gasteiger partial charge < -0.3 is 13.3 Å². The molecule has 0 bridgehead atoms. The van der Waals surface area contributed by atoms with E-state index in [9.17, 15) is 26.4 Å². The monoisotopic (exact) mass is 374 g/mol. The van der Waals surface area contributed by atoms with Crippen molar-refractivity contribution in [3.8, 4) is 11.5 Å². The molecule has 0 atom stereocenters. The minimum atomic E-state index is -5.82. The summed E-state index contributed by atoms with van der Waals surface area (Å²) in [4.78, 5) is 12.1. The first-order valence-electron chi connectivity index (χ1n) is 6.68. The third-order valence-electron chi connectivity index (χ3n) is 3.39. The molecule has 0 fully saturated rings. The molecular formula is C15H9F3O6S. The van der Waals surface area contributed by atoms with Crippen molar-refractivity contribution >= 4 is 31.9 Å². The molecule has 1 heterocycles. The molecule has 3 rings (SSSR count). The number of hydrogen-bond acceptors (Lipinski definition) is 6. The molecule has 132 valence electrons. The summed E-state index contributed by atoms with van der Waals surface area (Å²) < 4.78 is 73.5. The minimum absolute atomic E-state index is 0.124. The molecule has 0 saturated heterocycles. The number of rotatable bonds is 3. The van der Waals surface area contributed by atoms with E-state index in [0.29, 0.717) is 10.8 Å². The van der Waals surface area contributed by atoms with Crippen LogP contribution in [0.3, 0.4) is 0 Å². The predicted octanol–water partition coefficient (Wildman–Crippen LogP) is 3.18. The van der Waals surface area contributed by atoms with Crippen LogP contribution in [0.2, 0.25) is 0 Å². The zero-order valence-corrected chi connectivity index (χ0v) is 13.3. The minimum Gasteiger partial charge on any atom is -0.496 e. The molecule has 10 heteroatoms. The number of benzene rings is 2. The van der Waals surface area contributed by atoms with E-state index in [0.717, 1.165) is 12.1 Å². The lowest BCUT2D eigenvalue weighted by Gasteiger charge is -2.10. The maximum Gasteiger partial charge on any atom is 0.534 e. The molecule has 25 heavy (non-hydrogen) atoms. The molecule has 0 radical (unpaired) electrons. The van der Waals surface area contributed by atoms with E-state index >= 15 is 0 Å². The Hall–Kier alpha value is -2.75. The predicted molar refractivity (Wildman–Crippen MR) is 82.1 cm³/mol. The maximum absolute atomic E-state index is 12.4. The molecule has 0 saturated carbocycles. The normalized spacial score (nSPS) is 12.5. The van der Waals surface area contributed by atoms with E-state index in [1.807, 2.05) is 0 Å². The first-order chi connectivity index (χ1) is 11.6. The van der Waals surface area contributed by atoms with Gasteiger partial charge in [-0.2, -0.15) is 21.6 Å². The SMILES string of the molecule is COc1cccc2c1c(=O)oc1cc(OS(=O)(=O)C(F)(F)F)ccc12. The second-order valence-corrected chi connectivity index (χ2v) is 6.45. The fraction of sp³-hybridized carbons (Fsp3) is 0.133. The number of halogens is 3. The van der Waals surface area contributed by atoms with Crippen molar-refractivity contribution in [3.63, 3.8) is 0 Å². The highest BCUT2D eigenvalue weighted by Crippen LogP contribution is 2.32. The maximum atomic E-state index is 12.4. The second kappa shape index (κ2) is 5.66. The number of ether oxygens (including phenoxy) is 1. The molecule has 0 unspecified atom stereocenters. The van der Waals surface area contributed by atoms with Crippen molar-refractivity contribution in [2.24, 2.45) is 0 Å². The van der Waals surface area contributed by atoms with E-state index in [4.69, 9.17) is 9.15 Å². The van der Waals surface area contributed by atoms with Gasteiger partial charge in [0.05, 0.1) is 7.11 Å². The van der Waals surface area contributed by atoms with E-state index in [-0.39, 0.29) is 16.7 Å². The van der Waals surface area contributed by atoms with Gasteiger partial charge in [0.1, 0.15) is 22.5 Å². The van der Waals surface area contributed by atoms with Crippen molar-refractivity contribution in [2.45, 2.75) is 5.51 Å². The summed E-state index contributed by atoms with van der Waals surface area (Å²) in [6.07, 6.45) is 0. The van der Waals surface area contributed by atoms with Crippen molar-refractivity contribution < 1.29 is 34.9 Å². The van der Waals surface area contributed by atoms with Crippen LogP contribution in [0.1, 0.15) is 0 Å². The Morgan fingerprint density at radius 1 is 1.08 bits per heavy atom. The van der Waals surface area contributed by atoms with Crippen LogP contribution in [0.4, 0.5) is 13.2 Å². The summed E-state index contributed by atoms with van der Waals surface area (Å²) in [6.45, 7) is 0. The Kier molecular flexibility index (Phi) is 3.87. The summed E-state index contributed by atoms with van der Waals surface area (Å²) >= 11 is 0. The van der Waals surface area contributed by atoms with Crippen LogP contribution in [0.25, 0.3) is 21.7 Å². The zero-order valence-electron chi connectivity index (χ0n) is 12.5. The topological polar surface area (TPSA) is 82.8 Å². The largest absolute Gasteiger partial charge is 0.534 e. The lowest BCUT2D eigenvalue weighted by Crippen LogP contribution is -2.28. The molecule has 0 amide bonds. The summed E-state index contributed by atoms with van der Waals surface area (Å²) in [6, 6.07) is 8.01. The Labute approximate surface area is 138 Å². The third-order valence-corrected chi connectivity index (χ3v) is 4.36. The van der Waals surface area contributed by atoms with Crippen molar-refractivity contribution in [1.29, 1.82) is 0 Å². The highest BCUT2D eigenvalue weighted by molar-refractivity contribution is 7.88. The van der Waals surface area contributed by atoms with Gasteiger partial charge in [0.15, 0.2) is 0 Å². The molecule has 0 N–H and O–H groups in total. The van der Waals surface area contributed by atoms with Crippen LogP contribution in [0, 0.1) is 0 Å². The van der Waals surface area contributed by atoms with Gasteiger partial charge in [-0.3, -0.25) is 0 Å². The average molecular weight is 374 g/mol. The van der Waals surface area contributed by atoms with Gasteiger partial charge >= 0.3 is 21.3 Å². The Balaban J connectivity index is 2.21. The van der Waals surface area contributed by atoms with E-state index in [1.54, 1.807) is 18.2 Å². The molecule has 3 aromatic rings. The molecule has 0 aliphatic heterocycles. The second-order valence-electron chi connectivity index (χ2n) is 4.91. The third kappa shape index (κ3) is 2.88. The van der Waals surface area contributed by atoms with Gasteiger partial charge in [-0.15, -0.1) is 0 Å². The Bertz CT molecular complexity index is 1130. The van der Waals surface area contributed by atoms with Gasteiger partial charge in [0.25, 0.3) is 0 Å². The molecule has 0 spiro atoms. The Morgan fingerprint density at radius 3 is 2.44 bits per heavy atom. The molecule has 6 nitrogen and oxygen atoms in total. The van der Waals surface area contributed by atoms with Gasteiger partial charge in [-0.1, -0.05) is 12.1 Å². The average Bonchev–Trinajstić information content (AvgIpc) is 2.52. The van der Waals surface area contributed by atoms with Crippen LogP contribution in [-0.2, 0) is 10.1 Å². The van der Waals surface area contributed by atoms with Gasteiger partial charge in [-0.25, -0.2) is 4.79 Å². The van der Waals surface area contributed by atoms with Crippen molar-refractivity contribution in [3.05, 3.63) is 46.8 Å². The van der Waals surface area contributed by atoms with E-state index in [2.05, 4.69) is 4.18 Å². The smallest absolute Gasteiger partial charge is 0.496 e. The lowest BCUT2D eigenvalue weighted by atomic mass is 10.1. The molecular weight excluding hydrogens is 365 g/mol. The van der Waals surface area contributed by atoms with Crippen molar-refractivity contribution in [1.82, 2.24) is 0 Å². The van der Waals surface area contributed by atoms with Gasteiger partial charge in [0, 0.05) is 16.8 Å². The van der Waals surface area contributed by atoms with E-state index < -0.39 is 27.0 Å². The van der Waals surface area contributed by atoms with Crippen LogP contribution >= 0.6 is 0 Å². The van der Waals surface area contributed by atoms with Gasteiger partial charge in [0.2, 0.25) is 0 Å². The molecule has 2 aromatic carbocycles. The first-order valence-corrected chi connectivity index (χ1v) is 8.09. The zero-order chi connectivity index (χ0) is 18.4. The van der Waals surface area contributed by atoms with Crippen LogP contribution < -0.4 is 14.5 Å². The van der Waals surface area contributed by atoms with E-state index in [1.165, 1.54) is 13.2 Å². The number of hydrogen-bond donors (Lipinski definition) is 0.